The van der Waals surface area contributed by atoms with Crippen LogP contribution in [0.2, 0.25) is 0 Å². The molecule has 1 saturated carbocycles. The number of nitrogens with zero attached hydrogens (tertiary/aromatic N) is 1. The number of methoxy groups -OCH3 is 1. The van der Waals surface area contributed by atoms with Gasteiger partial charge in [0.05, 0.1) is 11.7 Å². The summed E-state index contributed by atoms with van der Waals surface area (Å²) in [5, 5.41) is 10.8. The first-order valence-electron chi connectivity index (χ1n) is 8.69. The molecule has 2 heterocycles. The molecule has 2 N–H and O–H groups in total. The van der Waals surface area contributed by atoms with Gasteiger partial charge in [-0.3, -0.25) is 9.69 Å². The van der Waals surface area contributed by atoms with Crippen LogP contribution < -0.4 is 5.43 Å². The summed E-state index contributed by atoms with van der Waals surface area (Å²) in [5.41, 5.74) is 1.71. The van der Waals surface area contributed by atoms with E-state index < -0.39 is 0 Å². The van der Waals surface area contributed by atoms with Crippen molar-refractivity contribution in [2.24, 2.45) is 0 Å². The van der Waals surface area contributed by atoms with Gasteiger partial charge in [0.2, 0.25) is 0 Å². The summed E-state index contributed by atoms with van der Waals surface area (Å²) in [4.78, 5) is 18.1. The highest BCUT2D eigenvalue weighted by atomic mass is 16.5. The third-order valence-electron chi connectivity index (χ3n) is 5.84. The molecule has 0 unspecified atom stereocenters. The van der Waals surface area contributed by atoms with Gasteiger partial charge < -0.3 is 14.8 Å². The molecule has 1 aromatic carbocycles. The third kappa shape index (κ3) is 2.57. The molecule has 2 fully saturated rings. The fourth-order valence-electron chi connectivity index (χ4n) is 4.52. The van der Waals surface area contributed by atoms with Crippen LogP contribution in [0.3, 0.4) is 0 Å². The van der Waals surface area contributed by atoms with Crippen molar-refractivity contribution in [3.8, 4) is 0 Å². The van der Waals surface area contributed by atoms with Crippen LogP contribution in [0.15, 0.2) is 35.1 Å². The normalized spacial score (nSPS) is 30.6. The second-order valence-corrected chi connectivity index (χ2v) is 7.14. The maximum absolute atomic E-state index is 12.3. The molecule has 4 rings (SSSR count). The lowest BCUT2D eigenvalue weighted by Gasteiger charge is -2.42. The topological polar surface area (TPSA) is 65.6 Å². The van der Waals surface area contributed by atoms with Crippen molar-refractivity contribution in [2.75, 3.05) is 13.7 Å². The zero-order valence-electron chi connectivity index (χ0n) is 14.0. The highest BCUT2D eigenvalue weighted by molar-refractivity contribution is 5.78. The molecular weight excluding hydrogens is 304 g/mol. The Morgan fingerprint density at radius 3 is 3.04 bits per heavy atom. The van der Waals surface area contributed by atoms with Gasteiger partial charge in [0, 0.05) is 48.9 Å². The van der Waals surface area contributed by atoms with Gasteiger partial charge in [-0.2, -0.15) is 0 Å². The van der Waals surface area contributed by atoms with Crippen molar-refractivity contribution in [3.05, 3.63) is 46.2 Å². The summed E-state index contributed by atoms with van der Waals surface area (Å²) in [6.07, 6.45) is 3.18. The fraction of sp³-hybridized carbons (Fsp3) is 0.526. The fourth-order valence-corrected chi connectivity index (χ4v) is 4.52. The lowest BCUT2D eigenvalue weighted by atomic mass is 9.79. The van der Waals surface area contributed by atoms with Gasteiger partial charge in [-0.15, -0.1) is 0 Å². The van der Waals surface area contributed by atoms with Crippen LogP contribution in [0.4, 0.5) is 0 Å². The van der Waals surface area contributed by atoms with Gasteiger partial charge in [-0.25, -0.2) is 0 Å². The van der Waals surface area contributed by atoms with E-state index in [9.17, 15) is 9.90 Å². The van der Waals surface area contributed by atoms with Crippen molar-refractivity contribution < 1.29 is 9.84 Å². The SMILES string of the molecule is CO[C@@]12CC[C@H](O)C[C@@H]1N(Cc1cc(=O)c3ccccc3[nH]1)CC2. The molecule has 5 heteroatoms. The van der Waals surface area contributed by atoms with Gasteiger partial charge in [-0.05, 0) is 37.8 Å². The highest BCUT2D eigenvalue weighted by Gasteiger charge is 2.50. The van der Waals surface area contributed by atoms with Crippen molar-refractivity contribution >= 4 is 10.9 Å². The largest absolute Gasteiger partial charge is 0.393 e. The molecule has 5 nitrogen and oxygen atoms in total. The summed E-state index contributed by atoms with van der Waals surface area (Å²) >= 11 is 0. The second kappa shape index (κ2) is 5.99. The van der Waals surface area contributed by atoms with E-state index in [1.807, 2.05) is 24.3 Å². The van der Waals surface area contributed by atoms with Crippen molar-refractivity contribution in [2.45, 2.75) is 50.0 Å². The number of para-hydroxylation sites is 1. The number of hydrogen-bond donors (Lipinski definition) is 2. The predicted octanol–water partition coefficient (Wildman–Crippen LogP) is 2.03. The molecule has 1 aliphatic carbocycles. The minimum Gasteiger partial charge on any atom is -0.393 e. The molecule has 0 spiro atoms. The maximum atomic E-state index is 12.3. The zero-order valence-corrected chi connectivity index (χ0v) is 14.0. The summed E-state index contributed by atoms with van der Waals surface area (Å²) in [5.74, 6) is 0. The summed E-state index contributed by atoms with van der Waals surface area (Å²) in [7, 11) is 1.78. The van der Waals surface area contributed by atoms with E-state index in [-0.39, 0.29) is 23.2 Å². The predicted molar refractivity (Wildman–Crippen MR) is 93.0 cm³/mol. The van der Waals surface area contributed by atoms with Gasteiger partial charge in [-0.1, -0.05) is 12.1 Å². The summed E-state index contributed by atoms with van der Waals surface area (Å²) < 4.78 is 5.89. The molecule has 2 aliphatic rings. The Balaban J connectivity index is 1.62. The minimum absolute atomic E-state index is 0.0558. The molecule has 24 heavy (non-hydrogen) atoms. The number of likely N-dealkylation sites (tertiary alicyclic amines) is 1. The third-order valence-corrected chi connectivity index (χ3v) is 5.84. The second-order valence-electron chi connectivity index (χ2n) is 7.14. The minimum atomic E-state index is -0.255. The van der Waals surface area contributed by atoms with E-state index in [0.29, 0.717) is 6.54 Å². The number of pyridine rings is 1. The average Bonchev–Trinajstić information content (AvgIpc) is 2.94. The first kappa shape index (κ1) is 15.8. The van der Waals surface area contributed by atoms with E-state index in [2.05, 4.69) is 9.88 Å². The summed E-state index contributed by atoms with van der Waals surface area (Å²) in [6.45, 7) is 1.61. The molecule has 3 atom stereocenters. The molecule has 0 amide bonds. The van der Waals surface area contributed by atoms with Crippen molar-refractivity contribution in [1.82, 2.24) is 9.88 Å². The first-order chi connectivity index (χ1) is 11.6. The molecule has 1 aliphatic heterocycles. The Hall–Kier alpha value is -1.69. The number of nitrogens with one attached hydrogen (secondary N) is 1. The molecular formula is C19H24N2O3. The lowest BCUT2D eigenvalue weighted by Crippen LogP contribution is -2.51. The number of rotatable bonds is 3. The standard InChI is InChI=1S/C19H24N2O3/c1-24-19-7-6-14(22)11-18(19)21(9-8-19)12-13-10-17(23)15-4-2-3-5-16(15)20-13/h2-5,10,14,18,22H,6-9,11-12H2,1H3,(H,20,23)/t14-,18-,19+/m0/s1. The van der Waals surface area contributed by atoms with Crippen LogP contribution in [-0.2, 0) is 11.3 Å². The molecule has 1 saturated heterocycles. The van der Waals surface area contributed by atoms with Crippen LogP contribution in [0.5, 0.6) is 0 Å². The number of aromatic amines is 1. The molecule has 0 bridgehead atoms. The van der Waals surface area contributed by atoms with Crippen molar-refractivity contribution in [3.63, 3.8) is 0 Å². The highest BCUT2D eigenvalue weighted by Crippen LogP contribution is 2.42. The lowest BCUT2D eigenvalue weighted by molar-refractivity contribution is -0.0880. The van der Waals surface area contributed by atoms with Gasteiger partial charge in [0.25, 0.3) is 0 Å². The number of fused-ring (bicyclic) bond motifs is 2. The Morgan fingerprint density at radius 2 is 2.21 bits per heavy atom. The van der Waals surface area contributed by atoms with Crippen LogP contribution in [0.25, 0.3) is 10.9 Å². The Morgan fingerprint density at radius 1 is 1.38 bits per heavy atom. The van der Waals surface area contributed by atoms with Gasteiger partial charge >= 0.3 is 0 Å². The Bertz CT molecular complexity index is 803. The van der Waals surface area contributed by atoms with E-state index in [0.717, 1.165) is 48.8 Å². The number of aromatic nitrogens is 1. The van der Waals surface area contributed by atoms with Crippen LogP contribution in [0, 0.1) is 0 Å². The van der Waals surface area contributed by atoms with Crippen LogP contribution in [-0.4, -0.2) is 46.4 Å². The first-order valence-corrected chi connectivity index (χ1v) is 8.69. The van der Waals surface area contributed by atoms with E-state index in [1.54, 1.807) is 13.2 Å². The Labute approximate surface area is 141 Å². The van der Waals surface area contributed by atoms with Gasteiger partial charge in [0.15, 0.2) is 5.43 Å². The molecule has 2 aromatic rings. The number of H-pyrrole nitrogens is 1. The number of aliphatic hydroxyl groups is 1. The van der Waals surface area contributed by atoms with Crippen LogP contribution in [0.1, 0.15) is 31.4 Å². The average molecular weight is 328 g/mol. The van der Waals surface area contributed by atoms with E-state index in [4.69, 9.17) is 4.74 Å². The zero-order chi connectivity index (χ0) is 16.7. The Kier molecular flexibility index (Phi) is 3.95. The number of ether oxygens (including phenoxy) is 1. The molecule has 128 valence electrons. The maximum Gasteiger partial charge on any atom is 0.189 e. The number of benzene rings is 1. The van der Waals surface area contributed by atoms with E-state index in [1.165, 1.54) is 0 Å². The molecule has 0 radical (unpaired) electrons. The van der Waals surface area contributed by atoms with Crippen LogP contribution >= 0.6 is 0 Å². The van der Waals surface area contributed by atoms with Gasteiger partial charge in [0.1, 0.15) is 0 Å². The summed E-state index contributed by atoms with van der Waals surface area (Å²) in [6, 6.07) is 9.52. The monoisotopic (exact) mass is 328 g/mol. The van der Waals surface area contributed by atoms with Crippen molar-refractivity contribution in [1.29, 1.82) is 0 Å². The quantitative estimate of drug-likeness (QED) is 0.905. The number of aliphatic hydroxyl groups excluding tert-OH is 1. The van der Waals surface area contributed by atoms with E-state index >= 15 is 0 Å². The number of hydrogen-bond acceptors (Lipinski definition) is 4. The molecule has 1 aromatic heterocycles. The smallest absolute Gasteiger partial charge is 0.189 e.